The van der Waals surface area contributed by atoms with Crippen LogP contribution in [0.5, 0.6) is 0 Å². The van der Waals surface area contributed by atoms with E-state index in [1.165, 1.54) is 12.1 Å². The molecule has 2 unspecified atom stereocenters. The zero-order chi connectivity index (χ0) is 21.6. The second-order valence-electron chi connectivity index (χ2n) is 7.92. The predicted octanol–water partition coefficient (Wildman–Crippen LogP) is 4.46. The zero-order valence-electron chi connectivity index (χ0n) is 17.8. The first kappa shape index (κ1) is 22.6. The highest BCUT2D eigenvalue weighted by Crippen LogP contribution is 2.22. The van der Waals surface area contributed by atoms with E-state index in [1.807, 2.05) is 38.1 Å². The van der Waals surface area contributed by atoms with Crippen molar-refractivity contribution < 1.29 is 14.3 Å². The highest BCUT2D eigenvalue weighted by molar-refractivity contribution is 5.95. The van der Waals surface area contributed by atoms with Gasteiger partial charge in [-0.15, -0.1) is 0 Å². The Morgan fingerprint density at radius 3 is 2.59 bits per heavy atom. The summed E-state index contributed by atoms with van der Waals surface area (Å²) < 4.78 is 13.7. The summed E-state index contributed by atoms with van der Waals surface area (Å²) in [7, 11) is 0. The van der Waals surface area contributed by atoms with Gasteiger partial charge in [0.1, 0.15) is 5.82 Å². The number of aliphatic hydroxyl groups is 1. The SMILES string of the molecule is CCc1cc(F)cc(C#CC2=CC=C(C(=O)NC(C)C(C)(C)O)C(CC)C=C2)c1. The van der Waals surface area contributed by atoms with Gasteiger partial charge in [-0.1, -0.05) is 37.8 Å². The molecule has 0 spiro atoms. The Morgan fingerprint density at radius 2 is 1.97 bits per heavy atom. The fraction of sp³-hybridized carbons (Fsp3) is 0.400. The maximum atomic E-state index is 13.7. The Bertz CT molecular complexity index is 907. The van der Waals surface area contributed by atoms with E-state index in [0.717, 1.165) is 24.0 Å². The number of nitrogens with one attached hydrogen (secondary N) is 1. The molecule has 154 valence electrons. The van der Waals surface area contributed by atoms with Gasteiger partial charge in [0.05, 0.1) is 11.6 Å². The van der Waals surface area contributed by atoms with E-state index in [4.69, 9.17) is 0 Å². The summed E-state index contributed by atoms with van der Waals surface area (Å²) in [6.45, 7) is 9.11. The van der Waals surface area contributed by atoms with Crippen molar-refractivity contribution in [2.24, 2.45) is 5.92 Å². The van der Waals surface area contributed by atoms with Gasteiger partial charge in [0.15, 0.2) is 0 Å². The number of carbonyl (C=O) groups is 1. The third-order valence-electron chi connectivity index (χ3n) is 5.18. The first-order valence-electron chi connectivity index (χ1n) is 10.1. The van der Waals surface area contributed by atoms with E-state index in [-0.39, 0.29) is 23.7 Å². The molecule has 0 aliphatic heterocycles. The Labute approximate surface area is 173 Å². The van der Waals surface area contributed by atoms with Gasteiger partial charge < -0.3 is 10.4 Å². The van der Waals surface area contributed by atoms with E-state index in [0.29, 0.717) is 11.1 Å². The number of rotatable bonds is 5. The van der Waals surface area contributed by atoms with Gasteiger partial charge in [0.2, 0.25) is 5.91 Å². The zero-order valence-corrected chi connectivity index (χ0v) is 17.8. The number of benzene rings is 1. The van der Waals surface area contributed by atoms with Gasteiger partial charge in [0, 0.05) is 22.6 Å². The van der Waals surface area contributed by atoms with E-state index in [1.54, 1.807) is 26.8 Å². The van der Waals surface area contributed by atoms with Crippen molar-refractivity contribution in [1.82, 2.24) is 5.32 Å². The fourth-order valence-corrected chi connectivity index (χ4v) is 2.89. The molecule has 3 nitrogen and oxygen atoms in total. The quantitative estimate of drug-likeness (QED) is 0.723. The second-order valence-corrected chi connectivity index (χ2v) is 7.92. The predicted molar refractivity (Wildman–Crippen MR) is 116 cm³/mol. The van der Waals surface area contributed by atoms with Crippen LogP contribution in [0.2, 0.25) is 0 Å². The first-order chi connectivity index (χ1) is 13.6. The van der Waals surface area contributed by atoms with Crippen LogP contribution in [-0.4, -0.2) is 22.7 Å². The van der Waals surface area contributed by atoms with Crippen LogP contribution in [0.1, 0.15) is 52.2 Å². The minimum atomic E-state index is -1.01. The van der Waals surface area contributed by atoms with Crippen molar-refractivity contribution >= 4 is 5.91 Å². The van der Waals surface area contributed by atoms with Gasteiger partial charge in [-0.25, -0.2) is 4.39 Å². The van der Waals surface area contributed by atoms with Gasteiger partial charge in [-0.2, -0.15) is 0 Å². The van der Waals surface area contributed by atoms with Gasteiger partial charge >= 0.3 is 0 Å². The average molecular weight is 396 g/mol. The molecule has 0 saturated carbocycles. The Morgan fingerprint density at radius 1 is 1.24 bits per heavy atom. The molecule has 0 bridgehead atoms. The summed E-state index contributed by atoms with van der Waals surface area (Å²) in [6.07, 6.45) is 8.98. The van der Waals surface area contributed by atoms with Gasteiger partial charge in [-0.05, 0) is 69.5 Å². The molecule has 0 heterocycles. The lowest BCUT2D eigenvalue weighted by Gasteiger charge is -2.27. The lowest BCUT2D eigenvalue weighted by atomic mass is 9.94. The largest absolute Gasteiger partial charge is 0.388 e. The number of aryl methyl sites for hydroxylation is 1. The van der Waals surface area contributed by atoms with Gasteiger partial charge in [-0.3, -0.25) is 4.79 Å². The number of hydrogen-bond donors (Lipinski definition) is 2. The summed E-state index contributed by atoms with van der Waals surface area (Å²) in [6, 6.07) is 4.45. The summed E-state index contributed by atoms with van der Waals surface area (Å²) in [4.78, 5) is 12.7. The van der Waals surface area contributed by atoms with E-state index in [9.17, 15) is 14.3 Å². The molecule has 1 amide bonds. The molecule has 0 aromatic heterocycles. The molecular weight excluding hydrogens is 365 g/mol. The molecule has 2 atom stereocenters. The lowest BCUT2D eigenvalue weighted by Crippen LogP contribution is -2.48. The highest BCUT2D eigenvalue weighted by Gasteiger charge is 2.26. The van der Waals surface area contributed by atoms with Crippen molar-refractivity contribution in [3.05, 3.63) is 70.6 Å². The number of amides is 1. The lowest BCUT2D eigenvalue weighted by molar-refractivity contribution is -0.120. The monoisotopic (exact) mass is 395 g/mol. The third kappa shape index (κ3) is 6.44. The summed E-state index contributed by atoms with van der Waals surface area (Å²) in [5, 5.41) is 13.0. The van der Waals surface area contributed by atoms with Crippen LogP contribution in [0, 0.1) is 23.6 Å². The summed E-state index contributed by atoms with van der Waals surface area (Å²) in [5.41, 5.74) is 1.92. The van der Waals surface area contributed by atoms with Crippen LogP contribution in [0.3, 0.4) is 0 Å². The van der Waals surface area contributed by atoms with E-state index < -0.39 is 5.60 Å². The summed E-state index contributed by atoms with van der Waals surface area (Å²) in [5.74, 6) is 5.56. The number of hydrogen-bond acceptors (Lipinski definition) is 2. The van der Waals surface area contributed by atoms with Crippen molar-refractivity contribution in [2.45, 2.75) is 59.1 Å². The molecule has 0 radical (unpaired) electrons. The van der Waals surface area contributed by atoms with Crippen LogP contribution in [0.4, 0.5) is 4.39 Å². The molecular formula is C25H30FNO2. The minimum absolute atomic E-state index is 0.0413. The molecule has 0 saturated heterocycles. The van der Waals surface area contributed by atoms with E-state index in [2.05, 4.69) is 17.2 Å². The van der Waals surface area contributed by atoms with Crippen LogP contribution < -0.4 is 5.32 Å². The highest BCUT2D eigenvalue weighted by atomic mass is 19.1. The van der Waals surface area contributed by atoms with Crippen molar-refractivity contribution in [3.63, 3.8) is 0 Å². The number of halogens is 1. The van der Waals surface area contributed by atoms with Crippen LogP contribution in [0.25, 0.3) is 0 Å². The van der Waals surface area contributed by atoms with Crippen LogP contribution >= 0.6 is 0 Å². The smallest absolute Gasteiger partial charge is 0.248 e. The topological polar surface area (TPSA) is 49.3 Å². The molecule has 1 aliphatic carbocycles. The molecule has 1 aromatic carbocycles. The van der Waals surface area contributed by atoms with Crippen LogP contribution in [0.15, 0.2) is 53.6 Å². The third-order valence-corrected chi connectivity index (χ3v) is 5.18. The normalized spacial score (nSPS) is 17.4. The average Bonchev–Trinajstić information content (AvgIpc) is 2.87. The van der Waals surface area contributed by atoms with Crippen molar-refractivity contribution in [2.75, 3.05) is 0 Å². The molecule has 2 rings (SSSR count). The number of carbonyl (C=O) groups excluding carboxylic acids is 1. The van der Waals surface area contributed by atoms with E-state index >= 15 is 0 Å². The molecule has 1 aliphatic rings. The standard InChI is InChI=1S/C25H30FNO2/c1-6-18-14-20(16-22(26)15-18)9-8-19-10-12-21(7-2)23(13-11-19)24(28)27-17(3)25(4,5)29/h10-17,21,29H,6-7H2,1-5H3,(H,27,28). The molecule has 0 fully saturated rings. The number of allylic oxidation sites excluding steroid dienone is 5. The fourth-order valence-electron chi connectivity index (χ4n) is 2.89. The molecule has 29 heavy (non-hydrogen) atoms. The molecule has 4 heteroatoms. The minimum Gasteiger partial charge on any atom is -0.388 e. The summed E-state index contributed by atoms with van der Waals surface area (Å²) >= 11 is 0. The first-order valence-corrected chi connectivity index (χ1v) is 10.1. The van der Waals surface area contributed by atoms with Crippen molar-refractivity contribution in [1.29, 1.82) is 0 Å². The van der Waals surface area contributed by atoms with Crippen LogP contribution in [-0.2, 0) is 11.2 Å². The maximum absolute atomic E-state index is 13.7. The van der Waals surface area contributed by atoms with Crippen molar-refractivity contribution in [3.8, 4) is 11.8 Å². The van der Waals surface area contributed by atoms with Gasteiger partial charge in [0.25, 0.3) is 0 Å². The second kappa shape index (κ2) is 9.71. The Balaban J connectivity index is 2.27. The maximum Gasteiger partial charge on any atom is 0.248 e. The Kier molecular flexibility index (Phi) is 7.59. The molecule has 2 N–H and O–H groups in total. The molecule has 1 aromatic rings. The Hall–Kier alpha value is -2.64.